The molecule has 0 N–H and O–H groups in total. The normalized spacial score (nSPS) is 14.8. The zero-order valence-electron chi connectivity index (χ0n) is 17.9. The summed E-state index contributed by atoms with van der Waals surface area (Å²) < 4.78 is 22.4. The molecule has 0 amide bonds. The van der Waals surface area contributed by atoms with E-state index < -0.39 is 0 Å². The molecule has 2 aromatic carbocycles. The first-order valence-electron chi connectivity index (χ1n) is 10.1. The van der Waals surface area contributed by atoms with Crippen LogP contribution in [0.4, 0.5) is 0 Å². The van der Waals surface area contributed by atoms with E-state index in [9.17, 15) is 4.79 Å². The predicted octanol–water partition coefficient (Wildman–Crippen LogP) is 3.93. The summed E-state index contributed by atoms with van der Waals surface area (Å²) >= 11 is 0. The van der Waals surface area contributed by atoms with Crippen LogP contribution in [0.1, 0.15) is 17.1 Å². The molecule has 2 heterocycles. The van der Waals surface area contributed by atoms with Crippen molar-refractivity contribution in [3.05, 3.63) is 57.6 Å². The third-order valence-corrected chi connectivity index (χ3v) is 5.66. The highest BCUT2D eigenvalue weighted by atomic mass is 16.5. The molecule has 6 heteroatoms. The van der Waals surface area contributed by atoms with Crippen molar-refractivity contribution in [3.8, 4) is 22.6 Å². The van der Waals surface area contributed by atoms with Gasteiger partial charge < -0.3 is 18.6 Å². The molecular weight excluding hydrogens is 382 g/mol. The monoisotopic (exact) mass is 409 g/mol. The summed E-state index contributed by atoms with van der Waals surface area (Å²) in [7, 11) is 3.30. The number of nitrogens with zero attached hydrogens (tertiary/aromatic N) is 1. The van der Waals surface area contributed by atoms with Gasteiger partial charge in [0.15, 0.2) is 5.43 Å². The molecule has 1 aliphatic rings. The minimum Gasteiger partial charge on any atom is -0.496 e. The Morgan fingerprint density at radius 1 is 0.900 bits per heavy atom. The third-order valence-electron chi connectivity index (χ3n) is 5.66. The minimum atomic E-state index is -0.0804. The fraction of sp³-hybridized carbons (Fsp3) is 0.375. The molecule has 0 saturated carbocycles. The predicted molar refractivity (Wildman–Crippen MR) is 117 cm³/mol. The Morgan fingerprint density at radius 2 is 1.60 bits per heavy atom. The van der Waals surface area contributed by atoms with Crippen LogP contribution in [-0.2, 0) is 11.3 Å². The van der Waals surface area contributed by atoms with E-state index in [1.165, 1.54) is 0 Å². The number of benzene rings is 1. The van der Waals surface area contributed by atoms with Gasteiger partial charge in [0.1, 0.15) is 23.0 Å². The van der Waals surface area contributed by atoms with Gasteiger partial charge in [0.05, 0.1) is 38.2 Å². The molecule has 0 radical (unpaired) electrons. The fourth-order valence-corrected chi connectivity index (χ4v) is 4.16. The van der Waals surface area contributed by atoms with Crippen LogP contribution in [0.3, 0.4) is 0 Å². The molecule has 3 aromatic rings. The van der Waals surface area contributed by atoms with Gasteiger partial charge in [-0.25, -0.2) is 0 Å². The van der Waals surface area contributed by atoms with E-state index in [-0.39, 0.29) is 5.43 Å². The summed E-state index contributed by atoms with van der Waals surface area (Å²) in [6.07, 6.45) is 0. The van der Waals surface area contributed by atoms with E-state index in [0.29, 0.717) is 22.7 Å². The number of morpholine rings is 1. The highest BCUT2D eigenvalue weighted by molar-refractivity contribution is 5.92. The van der Waals surface area contributed by atoms with E-state index in [1.54, 1.807) is 20.3 Å². The lowest BCUT2D eigenvalue weighted by atomic mass is 10.0. The molecule has 4 rings (SSSR count). The van der Waals surface area contributed by atoms with Crippen molar-refractivity contribution in [2.45, 2.75) is 20.4 Å². The van der Waals surface area contributed by atoms with Crippen molar-refractivity contribution < 1.29 is 18.6 Å². The molecule has 0 bridgehead atoms. The van der Waals surface area contributed by atoms with Crippen LogP contribution in [0, 0.1) is 13.8 Å². The molecule has 0 spiro atoms. The molecular formula is C24H27NO5. The van der Waals surface area contributed by atoms with Crippen molar-refractivity contribution in [1.29, 1.82) is 0 Å². The highest BCUT2D eigenvalue weighted by Crippen LogP contribution is 2.34. The van der Waals surface area contributed by atoms with Gasteiger partial charge in [-0.3, -0.25) is 9.69 Å². The van der Waals surface area contributed by atoms with Gasteiger partial charge in [-0.1, -0.05) is 6.07 Å². The smallest absolute Gasteiger partial charge is 0.190 e. The van der Waals surface area contributed by atoms with Crippen molar-refractivity contribution in [2.24, 2.45) is 0 Å². The lowest BCUT2D eigenvalue weighted by Crippen LogP contribution is -2.35. The van der Waals surface area contributed by atoms with Crippen LogP contribution in [0.25, 0.3) is 21.9 Å². The maximum atomic E-state index is 13.0. The van der Waals surface area contributed by atoms with E-state index in [4.69, 9.17) is 18.6 Å². The lowest BCUT2D eigenvalue weighted by molar-refractivity contribution is 0.0339. The number of hydrogen-bond donors (Lipinski definition) is 0. The first kappa shape index (κ1) is 20.4. The van der Waals surface area contributed by atoms with E-state index >= 15 is 0 Å². The van der Waals surface area contributed by atoms with Gasteiger partial charge in [0.25, 0.3) is 0 Å². The van der Waals surface area contributed by atoms with Crippen molar-refractivity contribution in [3.63, 3.8) is 0 Å². The molecule has 30 heavy (non-hydrogen) atoms. The number of furan rings is 1. The Morgan fingerprint density at radius 3 is 2.30 bits per heavy atom. The molecule has 1 saturated heterocycles. The van der Waals surface area contributed by atoms with Gasteiger partial charge in [0, 0.05) is 25.2 Å². The Bertz CT molecular complexity index is 1130. The zero-order chi connectivity index (χ0) is 21.3. The summed E-state index contributed by atoms with van der Waals surface area (Å²) in [6.45, 7) is 7.70. The van der Waals surface area contributed by atoms with Gasteiger partial charge in [0.2, 0.25) is 0 Å². The second-order valence-electron chi connectivity index (χ2n) is 7.56. The van der Waals surface area contributed by atoms with Crippen LogP contribution in [-0.4, -0.2) is 45.4 Å². The van der Waals surface area contributed by atoms with Crippen LogP contribution >= 0.6 is 0 Å². The number of ether oxygens (including phenoxy) is 3. The van der Waals surface area contributed by atoms with Crippen LogP contribution in [0.15, 0.2) is 39.5 Å². The SMILES string of the molecule is COc1ccc(-c2cc(OC)c3c(C)oc(C)c3c(=O)c2)cc1CN1CCOCC1. The van der Waals surface area contributed by atoms with Gasteiger partial charge >= 0.3 is 0 Å². The maximum absolute atomic E-state index is 13.0. The fourth-order valence-electron chi connectivity index (χ4n) is 4.16. The molecule has 0 aliphatic carbocycles. The third kappa shape index (κ3) is 3.80. The molecule has 0 unspecified atom stereocenters. The molecule has 158 valence electrons. The second-order valence-corrected chi connectivity index (χ2v) is 7.56. The number of rotatable bonds is 5. The Balaban J connectivity index is 1.83. The lowest BCUT2D eigenvalue weighted by Gasteiger charge is -2.27. The summed E-state index contributed by atoms with van der Waals surface area (Å²) in [6, 6.07) is 9.60. The molecule has 1 aliphatic heterocycles. The van der Waals surface area contributed by atoms with Crippen molar-refractivity contribution in [1.82, 2.24) is 4.90 Å². The minimum absolute atomic E-state index is 0.0804. The summed E-state index contributed by atoms with van der Waals surface area (Å²) in [5, 5.41) is 1.30. The average Bonchev–Trinajstić information content (AvgIpc) is 2.95. The zero-order valence-corrected chi connectivity index (χ0v) is 17.9. The maximum Gasteiger partial charge on any atom is 0.190 e. The molecule has 6 nitrogen and oxygen atoms in total. The molecule has 1 aromatic heterocycles. The Kier molecular flexibility index (Phi) is 5.79. The van der Waals surface area contributed by atoms with Crippen molar-refractivity contribution in [2.75, 3.05) is 40.5 Å². The van der Waals surface area contributed by atoms with Crippen LogP contribution in [0.5, 0.6) is 11.5 Å². The van der Waals surface area contributed by atoms with Gasteiger partial charge in [-0.05, 0) is 49.2 Å². The van der Waals surface area contributed by atoms with Gasteiger partial charge in [-0.2, -0.15) is 0 Å². The largest absolute Gasteiger partial charge is 0.496 e. The standard InChI is InChI=1S/C24H27NO5/c1-15-23-20(26)12-18(13-22(28-4)24(23)16(2)30-15)17-5-6-21(27-3)19(11-17)14-25-7-9-29-10-8-25/h5-6,11-13H,7-10,14H2,1-4H3. The number of hydrogen-bond acceptors (Lipinski definition) is 6. The Labute approximate surface area is 176 Å². The van der Waals surface area contributed by atoms with E-state index in [2.05, 4.69) is 11.0 Å². The first-order chi connectivity index (χ1) is 14.5. The van der Waals surface area contributed by atoms with E-state index in [1.807, 2.05) is 32.0 Å². The second kappa shape index (κ2) is 8.50. The summed E-state index contributed by atoms with van der Waals surface area (Å²) in [4.78, 5) is 15.4. The topological polar surface area (TPSA) is 61.1 Å². The number of methoxy groups -OCH3 is 2. The van der Waals surface area contributed by atoms with Crippen LogP contribution < -0.4 is 14.9 Å². The summed E-state index contributed by atoms with van der Waals surface area (Å²) in [5.41, 5.74) is 2.75. The number of aryl methyl sites for hydroxylation is 2. The highest BCUT2D eigenvalue weighted by Gasteiger charge is 2.17. The quantitative estimate of drug-likeness (QED) is 0.636. The van der Waals surface area contributed by atoms with Gasteiger partial charge in [-0.15, -0.1) is 0 Å². The summed E-state index contributed by atoms with van der Waals surface area (Å²) in [5.74, 6) is 2.75. The molecule has 0 atom stereocenters. The van der Waals surface area contributed by atoms with Crippen molar-refractivity contribution >= 4 is 10.8 Å². The first-order valence-corrected chi connectivity index (χ1v) is 10.1. The van der Waals surface area contributed by atoms with E-state index in [0.717, 1.165) is 60.7 Å². The number of fused-ring (bicyclic) bond motifs is 1. The van der Waals surface area contributed by atoms with Crippen LogP contribution in [0.2, 0.25) is 0 Å². The molecule has 1 fully saturated rings. The average molecular weight is 409 g/mol. The Hall–Kier alpha value is -2.83.